The maximum absolute atomic E-state index is 11.2. The van der Waals surface area contributed by atoms with Gasteiger partial charge in [0.2, 0.25) is 0 Å². The number of ether oxygens (including phenoxy) is 1. The topological polar surface area (TPSA) is 79.2 Å². The van der Waals surface area contributed by atoms with Crippen LogP contribution in [0.2, 0.25) is 0 Å². The van der Waals surface area contributed by atoms with Gasteiger partial charge in [-0.25, -0.2) is 4.84 Å². The molecule has 6 heteroatoms. The van der Waals surface area contributed by atoms with Gasteiger partial charge in [-0.3, -0.25) is 15.2 Å². The molecule has 0 aromatic heterocycles. The summed E-state index contributed by atoms with van der Waals surface area (Å²) in [6.45, 7) is 2.11. The van der Waals surface area contributed by atoms with Gasteiger partial charge < -0.3 is 4.74 Å². The number of carbonyl (C=O) groups is 1. The van der Waals surface area contributed by atoms with Crippen molar-refractivity contribution in [3.8, 4) is 0 Å². The zero-order chi connectivity index (χ0) is 12.7. The van der Waals surface area contributed by atoms with Crippen LogP contribution in [0.15, 0.2) is 24.3 Å². The van der Waals surface area contributed by atoms with Crippen LogP contribution in [0.25, 0.3) is 0 Å². The third-order valence-electron chi connectivity index (χ3n) is 1.99. The Kier molecular flexibility index (Phi) is 5.58. The third-order valence-corrected chi connectivity index (χ3v) is 1.99. The molecule has 1 aromatic rings. The van der Waals surface area contributed by atoms with Crippen molar-refractivity contribution in [1.29, 1.82) is 0 Å². The van der Waals surface area contributed by atoms with Gasteiger partial charge in [0, 0.05) is 0 Å². The van der Waals surface area contributed by atoms with E-state index in [-0.39, 0.29) is 24.4 Å². The molecule has 17 heavy (non-hydrogen) atoms. The quantitative estimate of drug-likeness (QED) is 0.577. The molecule has 0 aliphatic rings. The smallest absolute Gasteiger partial charge is 0.310 e. The normalized spacial score (nSPS) is 10.6. The van der Waals surface area contributed by atoms with Crippen molar-refractivity contribution in [3.05, 3.63) is 35.4 Å². The number of benzene rings is 1. The van der Waals surface area contributed by atoms with Crippen LogP contribution in [0.3, 0.4) is 0 Å². The van der Waals surface area contributed by atoms with Crippen LogP contribution in [-0.4, -0.2) is 28.4 Å². The van der Waals surface area contributed by atoms with Gasteiger partial charge in [-0.05, 0) is 18.1 Å². The van der Waals surface area contributed by atoms with E-state index in [2.05, 4.69) is 4.84 Å². The molecule has 0 saturated heterocycles. The summed E-state index contributed by atoms with van der Waals surface area (Å²) < 4.78 is 4.83. The molecule has 0 saturated carbocycles. The van der Waals surface area contributed by atoms with Gasteiger partial charge in [0.15, 0.2) is 0 Å². The second-order valence-corrected chi connectivity index (χ2v) is 3.33. The summed E-state index contributed by atoms with van der Waals surface area (Å²) in [5.74, 6) is -0.295. The van der Waals surface area contributed by atoms with E-state index in [1.807, 2.05) is 0 Å². The fourth-order valence-electron chi connectivity index (χ4n) is 1.34. The first-order chi connectivity index (χ1) is 8.11. The second kappa shape index (κ2) is 6.97. The van der Waals surface area contributed by atoms with Crippen molar-refractivity contribution in [2.24, 2.45) is 0 Å². The Hall–Kier alpha value is -1.47. The lowest BCUT2D eigenvalue weighted by Gasteiger charge is -2.07. The molecule has 0 aliphatic carbocycles. The first-order valence-corrected chi connectivity index (χ1v) is 5.16. The molecule has 0 amide bonds. The maximum Gasteiger partial charge on any atom is 0.310 e. The largest absolute Gasteiger partial charge is 0.466 e. The van der Waals surface area contributed by atoms with Gasteiger partial charge >= 0.3 is 5.97 Å². The molecule has 0 unspecified atom stereocenters. The molecule has 0 radical (unpaired) electrons. The van der Waals surface area contributed by atoms with E-state index in [0.29, 0.717) is 6.61 Å². The van der Waals surface area contributed by atoms with Crippen molar-refractivity contribution in [1.82, 2.24) is 5.39 Å². The summed E-state index contributed by atoms with van der Waals surface area (Å²) in [7, 11) is 0. The highest BCUT2D eigenvalue weighted by atomic mass is 17.1. The standard InChI is InChI=1S/C11H15NO5/c1-2-16-11(13)7-9-4-3-5-10(6-9)8-17-12(14)15/h3-6,14-15H,2,7-8H2,1H3. The molecule has 0 aliphatic heterocycles. The highest BCUT2D eigenvalue weighted by Gasteiger charge is 2.05. The number of esters is 1. The van der Waals surface area contributed by atoms with Crippen LogP contribution in [-0.2, 0) is 27.4 Å². The SMILES string of the molecule is CCOC(=O)Cc1cccc(CON(O)O)c1. The molecule has 0 heterocycles. The van der Waals surface area contributed by atoms with Crippen molar-refractivity contribution in [2.75, 3.05) is 6.61 Å². The van der Waals surface area contributed by atoms with E-state index < -0.39 is 0 Å². The Morgan fingerprint density at radius 1 is 1.35 bits per heavy atom. The summed E-state index contributed by atoms with van der Waals surface area (Å²) in [6, 6.07) is 7.03. The van der Waals surface area contributed by atoms with Gasteiger partial charge in [0.05, 0.1) is 25.0 Å². The number of carbonyl (C=O) groups excluding carboxylic acids is 1. The molecule has 94 valence electrons. The number of nitrogens with zero attached hydrogens (tertiary/aromatic N) is 1. The Balaban J connectivity index is 2.56. The predicted molar refractivity (Wildman–Crippen MR) is 57.0 cm³/mol. The number of rotatable bonds is 6. The first kappa shape index (κ1) is 13.6. The summed E-state index contributed by atoms with van der Waals surface area (Å²) >= 11 is 0. The third kappa shape index (κ3) is 5.41. The minimum atomic E-state index is -0.349. The van der Waals surface area contributed by atoms with Crippen molar-refractivity contribution >= 4 is 5.97 Å². The monoisotopic (exact) mass is 241 g/mol. The van der Waals surface area contributed by atoms with Crippen LogP contribution in [0.1, 0.15) is 18.1 Å². The molecule has 0 atom stereocenters. The lowest BCUT2D eigenvalue weighted by molar-refractivity contribution is -0.497. The van der Waals surface area contributed by atoms with Crippen LogP contribution < -0.4 is 0 Å². The van der Waals surface area contributed by atoms with E-state index in [4.69, 9.17) is 15.2 Å². The number of hydrogen-bond acceptors (Lipinski definition) is 6. The van der Waals surface area contributed by atoms with E-state index in [1.165, 1.54) is 0 Å². The Morgan fingerprint density at radius 2 is 2.06 bits per heavy atom. The fraction of sp³-hybridized carbons (Fsp3) is 0.364. The molecular weight excluding hydrogens is 226 g/mol. The van der Waals surface area contributed by atoms with E-state index >= 15 is 0 Å². The molecule has 2 N–H and O–H groups in total. The Morgan fingerprint density at radius 3 is 2.71 bits per heavy atom. The predicted octanol–water partition coefficient (Wildman–Crippen LogP) is 1.30. The summed E-state index contributed by atoms with van der Waals surface area (Å²) in [6.07, 6.45) is 0.184. The molecule has 0 fully saturated rings. The Labute approximate surface area is 98.9 Å². The fourth-order valence-corrected chi connectivity index (χ4v) is 1.34. The maximum atomic E-state index is 11.2. The highest BCUT2D eigenvalue weighted by Crippen LogP contribution is 2.08. The van der Waals surface area contributed by atoms with E-state index in [1.54, 1.807) is 31.2 Å². The minimum absolute atomic E-state index is 0.00364. The average Bonchev–Trinajstić information content (AvgIpc) is 2.27. The minimum Gasteiger partial charge on any atom is -0.466 e. The van der Waals surface area contributed by atoms with Crippen molar-refractivity contribution in [2.45, 2.75) is 20.0 Å². The van der Waals surface area contributed by atoms with Crippen molar-refractivity contribution in [3.63, 3.8) is 0 Å². The highest BCUT2D eigenvalue weighted by molar-refractivity contribution is 5.72. The molecule has 0 bridgehead atoms. The molecule has 1 aromatic carbocycles. The van der Waals surface area contributed by atoms with Crippen LogP contribution in [0, 0.1) is 0 Å². The molecule has 1 rings (SSSR count). The van der Waals surface area contributed by atoms with Crippen molar-refractivity contribution < 1.29 is 24.8 Å². The molecule has 6 nitrogen and oxygen atoms in total. The summed E-state index contributed by atoms with van der Waals surface area (Å²) in [5, 5.41) is 16.4. The first-order valence-electron chi connectivity index (χ1n) is 5.16. The van der Waals surface area contributed by atoms with E-state index in [0.717, 1.165) is 11.1 Å². The van der Waals surface area contributed by atoms with Gasteiger partial charge in [0.1, 0.15) is 0 Å². The van der Waals surface area contributed by atoms with Gasteiger partial charge in [-0.1, -0.05) is 24.3 Å². The van der Waals surface area contributed by atoms with E-state index in [9.17, 15) is 4.79 Å². The lowest BCUT2D eigenvalue weighted by Crippen LogP contribution is -2.14. The van der Waals surface area contributed by atoms with Crippen LogP contribution in [0.5, 0.6) is 0 Å². The van der Waals surface area contributed by atoms with Crippen LogP contribution in [0.4, 0.5) is 0 Å². The average molecular weight is 241 g/mol. The van der Waals surface area contributed by atoms with Gasteiger partial charge in [-0.15, -0.1) is 0 Å². The lowest BCUT2D eigenvalue weighted by atomic mass is 10.1. The summed E-state index contributed by atoms with van der Waals surface area (Å²) in [5.41, 5.74) is 1.51. The van der Waals surface area contributed by atoms with Gasteiger partial charge in [-0.2, -0.15) is 0 Å². The van der Waals surface area contributed by atoms with Crippen LogP contribution >= 0.6 is 0 Å². The molecular formula is C11H15NO5. The van der Waals surface area contributed by atoms with Gasteiger partial charge in [0.25, 0.3) is 0 Å². The second-order valence-electron chi connectivity index (χ2n) is 3.33. The zero-order valence-electron chi connectivity index (χ0n) is 9.50. The zero-order valence-corrected chi connectivity index (χ0v) is 9.50. The summed E-state index contributed by atoms with van der Waals surface area (Å²) in [4.78, 5) is 15.7. The Bertz CT molecular complexity index is 367. The molecule has 0 spiro atoms. The number of hydrogen-bond donors (Lipinski definition) is 2.